The predicted octanol–water partition coefficient (Wildman–Crippen LogP) is 3.44. The van der Waals surface area contributed by atoms with Gasteiger partial charge in [0.05, 0.1) is 17.7 Å². The third-order valence-electron chi connectivity index (χ3n) is 4.51. The van der Waals surface area contributed by atoms with Gasteiger partial charge in [0.2, 0.25) is 0 Å². The summed E-state index contributed by atoms with van der Waals surface area (Å²) in [6, 6.07) is 12.9. The molecule has 146 valence electrons. The number of hydrogen-bond acceptors (Lipinski definition) is 4. The summed E-state index contributed by atoms with van der Waals surface area (Å²) in [4.78, 5) is 12.5. The van der Waals surface area contributed by atoms with Gasteiger partial charge in [0, 0.05) is 18.7 Å². The zero-order chi connectivity index (χ0) is 20.0. The van der Waals surface area contributed by atoms with Crippen LogP contribution in [0.1, 0.15) is 37.0 Å². The smallest absolute Gasteiger partial charge is 0.264 e. The molecule has 0 heterocycles. The fraction of sp³-hybridized carbons (Fsp3) is 0.350. The van der Waals surface area contributed by atoms with E-state index in [9.17, 15) is 13.2 Å². The van der Waals surface area contributed by atoms with Gasteiger partial charge in [-0.2, -0.15) is 0 Å². The van der Waals surface area contributed by atoms with E-state index in [1.54, 1.807) is 43.5 Å². The van der Waals surface area contributed by atoms with Gasteiger partial charge < -0.3 is 10.1 Å². The average Bonchev–Trinajstić information content (AvgIpc) is 2.71. The van der Waals surface area contributed by atoms with E-state index in [1.165, 1.54) is 23.5 Å². The molecule has 0 radical (unpaired) electrons. The molecule has 2 aromatic carbocycles. The van der Waals surface area contributed by atoms with Crippen LogP contribution in [0.2, 0.25) is 0 Å². The Labute approximate surface area is 161 Å². The van der Waals surface area contributed by atoms with Gasteiger partial charge in [0.15, 0.2) is 0 Å². The van der Waals surface area contributed by atoms with Crippen molar-refractivity contribution in [2.45, 2.75) is 37.6 Å². The number of carbonyl (C=O) groups is 1. The number of nitrogens with zero attached hydrogens (tertiary/aromatic N) is 1. The van der Waals surface area contributed by atoms with Crippen molar-refractivity contribution in [2.24, 2.45) is 0 Å². The minimum atomic E-state index is -3.79. The van der Waals surface area contributed by atoms with E-state index >= 15 is 0 Å². The molecule has 27 heavy (non-hydrogen) atoms. The number of benzene rings is 2. The van der Waals surface area contributed by atoms with Crippen LogP contribution in [0.5, 0.6) is 5.75 Å². The topological polar surface area (TPSA) is 75.7 Å². The molecule has 0 aliphatic heterocycles. The van der Waals surface area contributed by atoms with Gasteiger partial charge in [-0.3, -0.25) is 9.10 Å². The Kier molecular flexibility index (Phi) is 6.85. The number of sulfonamides is 1. The summed E-state index contributed by atoms with van der Waals surface area (Å²) in [5.74, 6) is 0.373. The molecule has 0 aromatic heterocycles. The molecule has 0 bridgehead atoms. The molecule has 0 aliphatic carbocycles. The van der Waals surface area contributed by atoms with Crippen molar-refractivity contribution < 1.29 is 17.9 Å². The molecule has 1 N–H and O–H groups in total. The lowest BCUT2D eigenvalue weighted by Gasteiger charge is -2.20. The second kappa shape index (κ2) is 8.90. The predicted molar refractivity (Wildman–Crippen MR) is 107 cm³/mol. The largest absolute Gasteiger partial charge is 0.497 e. The quantitative estimate of drug-likeness (QED) is 0.749. The van der Waals surface area contributed by atoms with E-state index in [0.717, 1.165) is 12.8 Å². The molecule has 0 unspecified atom stereocenters. The lowest BCUT2D eigenvalue weighted by atomic mass is 10.1. The number of rotatable bonds is 8. The van der Waals surface area contributed by atoms with E-state index in [0.29, 0.717) is 17.0 Å². The van der Waals surface area contributed by atoms with E-state index in [1.807, 2.05) is 13.8 Å². The summed E-state index contributed by atoms with van der Waals surface area (Å²) in [5, 5.41) is 2.92. The molecule has 0 aliphatic rings. The van der Waals surface area contributed by atoms with E-state index in [2.05, 4.69) is 5.32 Å². The number of carbonyl (C=O) groups excluding carboxylic acids is 1. The van der Waals surface area contributed by atoms with Crippen LogP contribution in [-0.2, 0) is 10.0 Å². The first-order chi connectivity index (χ1) is 12.8. The van der Waals surface area contributed by atoms with Crippen LogP contribution in [-0.4, -0.2) is 34.5 Å². The van der Waals surface area contributed by atoms with E-state index in [4.69, 9.17) is 4.74 Å². The third-order valence-corrected chi connectivity index (χ3v) is 6.29. The number of methoxy groups -OCH3 is 1. The van der Waals surface area contributed by atoms with Crippen LogP contribution in [0.15, 0.2) is 53.4 Å². The maximum absolute atomic E-state index is 13.0. The Bertz CT molecular complexity index is 875. The highest BCUT2D eigenvalue weighted by Crippen LogP contribution is 2.24. The first-order valence-corrected chi connectivity index (χ1v) is 10.3. The first-order valence-electron chi connectivity index (χ1n) is 8.87. The average molecular weight is 391 g/mol. The summed E-state index contributed by atoms with van der Waals surface area (Å²) < 4.78 is 32.2. The number of hydrogen-bond donors (Lipinski definition) is 1. The van der Waals surface area contributed by atoms with Gasteiger partial charge in [0.25, 0.3) is 15.9 Å². The Morgan fingerprint density at radius 3 is 2.30 bits per heavy atom. The summed E-state index contributed by atoms with van der Waals surface area (Å²) in [6.07, 6.45) is 1.64. The van der Waals surface area contributed by atoms with Crippen LogP contribution >= 0.6 is 0 Å². The van der Waals surface area contributed by atoms with Gasteiger partial charge in [-0.1, -0.05) is 19.9 Å². The zero-order valence-corrected chi connectivity index (χ0v) is 16.9. The molecule has 1 amide bonds. The maximum Gasteiger partial charge on any atom is 0.264 e. The van der Waals surface area contributed by atoms with E-state index < -0.39 is 10.0 Å². The molecule has 0 saturated carbocycles. The van der Waals surface area contributed by atoms with Crippen molar-refractivity contribution in [1.82, 2.24) is 5.32 Å². The Morgan fingerprint density at radius 2 is 1.74 bits per heavy atom. The van der Waals surface area contributed by atoms with Crippen LogP contribution in [0.25, 0.3) is 0 Å². The van der Waals surface area contributed by atoms with Crippen molar-refractivity contribution in [3.63, 3.8) is 0 Å². The van der Waals surface area contributed by atoms with Gasteiger partial charge in [-0.05, 0) is 55.3 Å². The Morgan fingerprint density at radius 1 is 1.11 bits per heavy atom. The van der Waals surface area contributed by atoms with Gasteiger partial charge in [-0.15, -0.1) is 0 Å². The SMILES string of the molecule is CCC(CC)NC(=O)c1cccc(S(=O)(=O)N(C)c2ccc(OC)cc2)c1. The minimum absolute atomic E-state index is 0.0676. The second-order valence-corrected chi connectivity index (χ2v) is 8.15. The molecule has 0 atom stereocenters. The number of amides is 1. The van der Waals surface area contributed by atoms with Crippen LogP contribution in [0.3, 0.4) is 0 Å². The van der Waals surface area contributed by atoms with Crippen LogP contribution in [0.4, 0.5) is 5.69 Å². The number of ether oxygens (including phenoxy) is 1. The summed E-state index contributed by atoms with van der Waals surface area (Å²) >= 11 is 0. The van der Waals surface area contributed by atoms with E-state index in [-0.39, 0.29) is 16.8 Å². The number of anilines is 1. The lowest BCUT2D eigenvalue weighted by molar-refractivity contribution is 0.0934. The molecular formula is C20H26N2O4S. The highest BCUT2D eigenvalue weighted by Gasteiger charge is 2.23. The maximum atomic E-state index is 13.0. The monoisotopic (exact) mass is 390 g/mol. The van der Waals surface area contributed by atoms with Gasteiger partial charge >= 0.3 is 0 Å². The summed E-state index contributed by atoms with van der Waals surface area (Å²) in [6.45, 7) is 4.00. The molecule has 0 spiro atoms. The highest BCUT2D eigenvalue weighted by atomic mass is 32.2. The third kappa shape index (κ3) is 4.80. The van der Waals surface area contributed by atoms with Crippen molar-refractivity contribution in [3.8, 4) is 5.75 Å². The van der Waals surface area contributed by atoms with Crippen molar-refractivity contribution in [1.29, 1.82) is 0 Å². The Hall–Kier alpha value is -2.54. The summed E-state index contributed by atoms with van der Waals surface area (Å²) in [7, 11) is -0.765. The van der Waals surface area contributed by atoms with Crippen LogP contribution in [0, 0.1) is 0 Å². The Balaban J connectivity index is 2.28. The van der Waals surface area contributed by atoms with Crippen molar-refractivity contribution in [3.05, 3.63) is 54.1 Å². The van der Waals surface area contributed by atoms with Gasteiger partial charge in [-0.25, -0.2) is 8.42 Å². The molecule has 0 saturated heterocycles. The molecular weight excluding hydrogens is 364 g/mol. The zero-order valence-electron chi connectivity index (χ0n) is 16.1. The lowest BCUT2D eigenvalue weighted by Crippen LogP contribution is -2.34. The minimum Gasteiger partial charge on any atom is -0.497 e. The van der Waals surface area contributed by atoms with Crippen molar-refractivity contribution >= 4 is 21.6 Å². The fourth-order valence-electron chi connectivity index (χ4n) is 2.65. The second-order valence-electron chi connectivity index (χ2n) is 6.19. The molecule has 0 fully saturated rings. The van der Waals surface area contributed by atoms with Gasteiger partial charge in [0.1, 0.15) is 5.75 Å². The molecule has 7 heteroatoms. The highest BCUT2D eigenvalue weighted by molar-refractivity contribution is 7.92. The molecule has 2 aromatic rings. The molecule has 6 nitrogen and oxygen atoms in total. The van der Waals surface area contributed by atoms with Crippen LogP contribution < -0.4 is 14.4 Å². The number of nitrogens with one attached hydrogen (secondary N) is 1. The fourth-order valence-corrected chi connectivity index (χ4v) is 3.89. The summed E-state index contributed by atoms with van der Waals surface area (Å²) in [5.41, 5.74) is 0.828. The normalized spacial score (nSPS) is 11.3. The van der Waals surface area contributed by atoms with Crippen molar-refractivity contribution in [2.75, 3.05) is 18.5 Å². The molecule has 2 rings (SSSR count). The standard InChI is InChI=1S/C20H26N2O4S/c1-5-16(6-2)21-20(23)15-8-7-9-19(14-15)27(24,25)22(3)17-10-12-18(26-4)13-11-17/h7-14,16H,5-6H2,1-4H3,(H,21,23). The first kappa shape index (κ1) is 20.8.